The van der Waals surface area contributed by atoms with Gasteiger partial charge in [0.25, 0.3) is 5.69 Å². The summed E-state index contributed by atoms with van der Waals surface area (Å²) in [5, 5.41) is 13.5. The van der Waals surface area contributed by atoms with Gasteiger partial charge in [-0.25, -0.2) is 0 Å². The fourth-order valence-electron chi connectivity index (χ4n) is 2.33. The number of anilines is 1. The third-order valence-electron chi connectivity index (χ3n) is 3.61. The molecule has 1 N–H and O–H groups in total. The molecule has 7 nitrogen and oxygen atoms in total. The second kappa shape index (κ2) is 6.98. The van der Waals surface area contributed by atoms with Gasteiger partial charge in [-0.05, 0) is 36.4 Å². The van der Waals surface area contributed by atoms with Gasteiger partial charge in [0.2, 0.25) is 12.7 Å². The summed E-state index contributed by atoms with van der Waals surface area (Å²) in [5.41, 5.74) is -0.852. The first kappa shape index (κ1) is 18.2. The van der Waals surface area contributed by atoms with Crippen LogP contribution in [0.3, 0.4) is 0 Å². The number of nitro groups is 1. The van der Waals surface area contributed by atoms with Crippen LogP contribution in [-0.2, 0) is 11.0 Å². The largest absolute Gasteiger partial charge is 0.454 e. The Morgan fingerprint density at radius 1 is 1.15 bits per heavy atom. The maximum Gasteiger partial charge on any atom is 0.416 e. The van der Waals surface area contributed by atoms with Gasteiger partial charge >= 0.3 is 6.18 Å². The molecule has 0 aromatic heterocycles. The molecule has 2 aromatic carbocycles. The molecule has 1 aliphatic heterocycles. The lowest BCUT2D eigenvalue weighted by molar-refractivity contribution is -0.385. The van der Waals surface area contributed by atoms with Gasteiger partial charge < -0.3 is 14.8 Å². The Hall–Kier alpha value is -3.56. The van der Waals surface area contributed by atoms with Gasteiger partial charge in [-0.15, -0.1) is 0 Å². The standard InChI is InChI=1S/C17H11F3N2O5/c18-17(19,20)11-2-4-12(5-3-11)21-16(23)6-1-10-7-14-15(27-9-26-14)8-13(10)22(24)25/h1-8H,9H2,(H,21,23). The molecule has 2 aromatic rings. The number of nitrogens with one attached hydrogen (secondary N) is 1. The van der Waals surface area contributed by atoms with Crippen LogP contribution in [0.25, 0.3) is 6.08 Å². The van der Waals surface area contributed by atoms with E-state index in [1.807, 2.05) is 0 Å². The second-order valence-corrected chi connectivity index (χ2v) is 5.42. The summed E-state index contributed by atoms with van der Waals surface area (Å²) in [6, 6.07) is 6.44. The highest BCUT2D eigenvalue weighted by atomic mass is 19.4. The van der Waals surface area contributed by atoms with E-state index in [1.165, 1.54) is 18.2 Å². The quantitative estimate of drug-likeness (QED) is 0.492. The minimum atomic E-state index is -4.47. The molecule has 1 aliphatic rings. The molecule has 0 saturated carbocycles. The molecule has 0 bridgehead atoms. The van der Waals surface area contributed by atoms with Gasteiger partial charge in [0.1, 0.15) is 0 Å². The first-order valence-corrected chi connectivity index (χ1v) is 7.48. The highest BCUT2D eigenvalue weighted by molar-refractivity contribution is 6.02. The van der Waals surface area contributed by atoms with Crippen molar-refractivity contribution in [2.45, 2.75) is 6.18 Å². The molecule has 1 heterocycles. The molecule has 27 heavy (non-hydrogen) atoms. The molecule has 0 aliphatic carbocycles. The van der Waals surface area contributed by atoms with Crippen LogP contribution in [0.1, 0.15) is 11.1 Å². The van der Waals surface area contributed by atoms with Crippen molar-refractivity contribution in [3.8, 4) is 11.5 Å². The molecule has 3 rings (SSSR count). The highest BCUT2D eigenvalue weighted by Crippen LogP contribution is 2.38. The maximum absolute atomic E-state index is 12.5. The number of carbonyl (C=O) groups excluding carboxylic acids is 1. The predicted octanol–water partition coefficient (Wildman–Crippen LogP) is 3.99. The van der Waals surface area contributed by atoms with Crippen molar-refractivity contribution in [3.63, 3.8) is 0 Å². The number of rotatable bonds is 4. The van der Waals surface area contributed by atoms with E-state index in [1.54, 1.807) is 0 Å². The van der Waals surface area contributed by atoms with E-state index in [4.69, 9.17) is 9.47 Å². The van der Waals surface area contributed by atoms with Crippen molar-refractivity contribution in [1.29, 1.82) is 0 Å². The van der Waals surface area contributed by atoms with E-state index < -0.39 is 22.6 Å². The number of ether oxygens (including phenoxy) is 2. The van der Waals surface area contributed by atoms with Crippen molar-refractivity contribution in [2.75, 3.05) is 12.1 Å². The van der Waals surface area contributed by atoms with Crippen LogP contribution in [0.5, 0.6) is 11.5 Å². The highest BCUT2D eigenvalue weighted by Gasteiger charge is 2.30. The summed E-state index contributed by atoms with van der Waals surface area (Å²) in [5.74, 6) is -0.127. The minimum absolute atomic E-state index is 0.0614. The third kappa shape index (κ3) is 4.17. The molecular weight excluding hydrogens is 369 g/mol. The van der Waals surface area contributed by atoms with E-state index >= 15 is 0 Å². The number of fused-ring (bicyclic) bond motifs is 1. The molecule has 0 radical (unpaired) electrons. The Labute approximate surface area is 150 Å². The number of nitro benzene ring substituents is 1. The topological polar surface area (TPSA) is 90.7 Å². The minimum Gasteiger partial charge on any atom is -0.454 e. The summed E-state index contributed by atoms with van der Waals surface area (Å²) in [6.45, 7) is -0.0614. The number of nitrogens with zero attached hydrogens (tertiary/aromatic N) is 1. The van der Waals surface area contributed by atoms with Crippen molar-refractivity contribution in [2.24, 2.45) is 0 Å². The van der Waals surface area contributed by atoms with E-state index in [9.17, 15) is 28.1 Å². The SMILES string of the molecule is O=C(C=Cc1cc2c(cc1[N+](=O)[O-])OCO2)Nc1ccc(C(F)(F)F)cc1. The lowest BCUT2D eigenvalue weighted by atomic mass is 10.1. The van der Waals surface area contributed by atoms with Crippen LogP contribution in [0.15, 0.2) is 42.5 Å². The molecule has 10 heteroatoms. The normalized spacial score (nSPS) is 13.0. The van der Waals surface area contributed by atoms with Gasteiger partial charge in [-0.3, -0.25) is 14.9 Å². The first-order chi connectivity index (χ1) is 12.7. The first-order valence-electron chi connectivity index (χ1n) is 7.48. The zero-order valence-corrected chi connectivity index (χ0v) is 13.4. The van der Waals surface area contributed by atoms with Crippen molar-refractivity contribution < 1.29 is 32.4 Å². The number of halogens is 3. The Kier molecular flexibility index (Phi) is 4.72. The Balaban J connectivity index is 1.74. The van der Waals surface area contributed by atoms with Gasteiger partial charge in [-0.1, -0.05) is 0 Å². The molecule has 1 amide bonds. The summed E-state index contributed by atoms with van der Waals surface area (Å²) in [6.07, 6.45) is -2.23. The van der Waals surface area contributed by atoms with Crippen LogP contribution >= 0.6 is 0 Å². The molecule has 0 spiro atoms. The number of amides is 1. The predicted molar refractivity (Wildman–Crippen MR) is 88.3 cm³/mol. The molecule has 0 unspecified atom stereocenters. The van der Waals surface area contributed by atoms with E-state index in [0.717, 1.165) is 30.3 Å². The van der Waals surface area contributed by atoms with Crippen LogP contribution in [0.2, 0.25) is 0 Å². The molecule has 140 valence electrons. The smallest absolute Gasteiger partial charge is 0.416 e. The van der Waals surface area contributed by atoms with E-state index in [0.29, 0.717) is 5.75 Å². The summed E-state index contributed by atoms with van der Waals surface area (Å²) in [7, 11) is 0. The van der Waals surface area contributed by atoms with Crippen molar-refractivity contribution in [3.05, 3.63) is 63.7 Å². The Morgan fingerprint density at radius 2 is 1.78 bits per heavy atom. The molecule has 0 saturated heterocycles. The van der Waals surface area contributed by atoms with E-state index in [2.05, 4.69) is 5.32 Å². The maximum atomic E-state index is 12.5. The molecule has 0 fully saturated rings. The number of alkyl halides is 3. The second-order valence-electron chi connectivity index (χ2n) is 5.42. The Bertz CT molecular complexity index is 923. The summed E-state index contributed by atoms with van der Waals surface area (Å²) in [4.78, 5) is 22.5. The number of carbonyl (C=O) groups is 1. The van der Waals surface area contributed by atoms with Crippen LogP contribution < -0.4 is 14.8 Å². The lowest BCUT2D eigenvalue weighted by Crippen LogP contribution is -2.09. The number of hydrogen-bond acceptors (Lipinski definition) is 5. The average Bonchev–Trinajstić information content (AvgIpc) is 3.06. The fourth-order valence-corrected chi connectivity index (χ4v) is 2.33. The molecule has 0 atom stereocenters. The zero-order valence-electron chi connectivity index (χ0n) is 13.4. The number of benzene rings is 2. The third-order valence-corrected chi connectivity index (χ3v) is 3.61. The zero-order chi connectivity index (χ0) is 19.6. The van der Waals surface area contributed by atoms with Gasteiger partial charge in [-0.2, -0.15) is 13.2 Å². The molecular formula is C17H11F3N2O5. The van der Waals surface area contributed by atoms with Crippen LogP contribution in [-0.4, -0.2) is 17.6 Å². The average molecular weight is 380 g/mol. The number of hydrogen-bond donors (Lipinski definition) is 1. The van der Waals surface area contributed by atoms with Crippen molar-refractivity contribution >= 4 is 23.4 Å². The van der Waals surface area contributed by atoms with Crippen molar-refractivity contribution in [1.82, 2.24) is 0 Å². The van der Waals surface area contributed by atoms with E-state index in [-0.39, 0.29) is 29.5 Å². The summed E-state index contributed by atoms with van der Waals surface area (Å²) >= 11 is 0. The fraction of sp³-hybridized carbons (Fsp3) is 0.118. The Morgan fingerprint density at radius 3 is 2.37 bits per heavy atom. The summed E-state index contributed by atoms with van der Waals surface area (Å²) < 4.78 is 47.8. The van der Waals surface area contributed by atoms with Crippen LogP contribution in [0, 0.1) is 10.1 Å². The lowest BCUT2D eigenvalue weighted by Gasteiger charge is -2.07. The van der Waals surface area contributed by atoms with Crippen LogP contribution in [0.4, 0.5) is 24.5 Å². The van der Waals surface area contributed by atoms with Gasteiger partial charge in [0, 0.05) is 11.8 Å². The van der Waals surface area contributed by atoms with Gasteiger partial charge in [0.05, 0.1) is 22.1 Å². The monoisotopic (exact) mass is 380 g/mol. The van der Waals surface area contributed by atoms with Gasteiger partial charge in [0.15, 0.2) is 11.5 Å².